The third kappa shape index (κ3) is 2.25. The van der Waals surface area contributed by atoms with Gasteiger partial charge in [0.2, 0.25) is 0 Å². The largest absolute Gasteiger partial charge is 0.460 e. The topological polar surface area (TPSA) is 62.7 Å². The van der Waals surface area contributed by atoms with Crippen LogP contribution in [0.15, 0.2) is 22.6 Å². The van der Waals surface area contributed by atoms with E-state index in [0.29, 0.717) is 17.3 Å². The SMILES string of the molecule is Cc1cc(-c2ccc(C)o2)nc(C(C)(C)C#N)n1. The van der Waals surface area contributed by atoms with E-state index < -0.39 is 5.41 Å². The average Bonchev–Trinajstić information content (AvgIpc) is 2.75. The van der Waals surface area contributed by atoms with Gasteiger partial charge in [0.15, 0.2) is 5.76 Å². The Morgan fingerprint density at radius 3 is 2.50 bits per heavy atom. The molecule has 0 aliphatic heterocycles. The minimum absolute atomic E-state index is 0.522. The monoisotopic (exact) mass is 241 g/mol. The van der Waals surface area contributed by atoms with Gasteiger partial charge in [0.1, 0.15) is 22.7 Å². The highest BCUT2D eigenvalue weighted by Crippen LogP contribution is 2.24. The van der Waals surface area contributed by atoms with Crippen molar-refractivity contribution >= 4 is 0 Å². The fourth-order valence-corrected chi connectivity index (χ4v) is 1.60. The number of nitriles is 1. The molecule has 0 saturated heterocycles. The molecule has 2 aromatic heterocycles. The molecule has 2 heterocycles. The molecule has 0 bridgehead atoms. The molecule has 4 nitrogen and oxygen atoms in total. The standard InChI is InChI=1S/C14H15N3O/c1-9-7-11(12-6-5-10(2)18-12)17-13(16-9)14(3,4)8-15/h5-7H,1-4H3. The predicted molar refractivity (Wildman–Crippen MR) is 67.8 cm³/mol. The van der Waals surface area contributed by atoms with Crippen LogP contribution in [0, 0.1) is 25.2 Å². The van der Waals surface area contributed by atoms with Crippen LogP contribution in [0.5, 0.6) is 0 Å². The van der Waals surface area contributed by atoms with Crippen LogP contribution >= 0.6 is 0 Å². The van der Waals surface area contributed by atoms with Gasteiger partial charge in [0.25, 0.3) is 0 Å². The van der Waals surface area contributed by atoms with E-state index in [2.05, 4.69) is 16.0 Å². The highest BCUT2D eigenvalue weighted by atomic mass is 16.3. The molecule has 0 fully saturated rings. The number of nitrogens with zero attached hydrogens (tertiary/aromatic N) is 3. The van der Waals surface area contributed by atoms with Gasteiger partial charge in [-0.3, -0.25) is 0 Å². The first-order valence-corrected chi connectivity index (χ1v) is 5.76. The lowest BCUT2D eigenvalue weighted by Crippen LogP contribution is -2.19. The summed E-state index contributed by atoms with van der Waals surface area (Å²) in [5.74, 6) is 2.06. The normalized spacial score (nSPS) is 11.3. The zero-order valence-electron chi connectivity index (χ0n) is 11.0. The summed E-state index contributed by atoms with van der Waals surface area (Å²) in [6, 6.07) is 7.84. The molecule has 18 heavy (non-hydrogen) atoms. The van der Waals surface area contributed by atoms with Crippen molar-refractivity contribution in [1.82, 2.24) is 9.97 Å². The van der Waals surface area contributed by atoms with E-state index in [1.54, 1.807) is 13.8 Å². The molecule has 0 radical (unpaired) electrons. The molecule has 0 aliphatic rings. The highest BCUT2D eigenvalue weighted by molar-refractivity contribution is 5.53. The van der Waals surface area contributed by atoms with Gasteiger partial charge in [-0.2, -0.15) is 5.26 Å². The predicted octanol–water partition coefficient (Wildman–Crippen LogP) is 3.15. The number of aryl methyl sites for hydroxylation is 2. The maximum Gasteiger partial charge on any atom is 0.152 e. The van der Waals surface area contributed by atoms with Gasteiger partial charge >= 0.3 is 0 Å². The minimum Gasteiger partial charge on any atom is -0.460 e. The van der Waals surface area contributed by atoms with Crippen molar-refractivity contribution in [2.24, 2.45) is 0 Å². The molecule has 2 rings (SSSR count). The summed E-state index contributed by atoms with van der Waals surface area (Å²) in [5, 5.41) is 9.15. The molecule has 0 atom stereocenters. The third-order valence-corrected chi connectivity index (χ3v) is 2.69. The molecule has 2 aromatic rings. The second-order valence-corrected chi connectivity index (χ2v) is 4.87. The molecule has 92 valence electrons. The van der Waals surface area contributed by atoms with Crippen molar-refractivity contribution < 1.29 is 4.42 Å². The summed E-state index contributed by atoms with van der Waals surface area (Å²) in [6.07, 6.45) is 0. The van der Waals surface area contributed by atoms with Crippen LogP contribution < -0.4 is 0 Å². The Labute approximate surface area is 106 Å². The van der Waals surface area contributed by atoms with Crippen molar-refractivity contribution in [3.63, 3.8) is 0 Å². The van der Waals surface area contributed by atoms with Gasteiger partial charge in [-0.15, -0.1) is 0 Å². The van der Waals surface area contributed by atoms with Gasteiger partial charge in [-0.05, 0) is 45.9 Å². The maximum atomic E-state index is 9.15. The summed E-state index contributed by atoms with van der Waals surface area (Å²) in [4.78, 5) is 8.77. The lowest BCUT2D eigenvalue weighted by Gasteiger charge is -2.14. The Morgan fingerprint density at radius 2 is 1.94 bits per heavy atom. The molecule has 0 aliphatic carbocycles. The zero-order valence-corrected chi connectivity index (χ0v) is 11.0. The van der Waals surface area contributed by atoms with Gasteiger partial charge in [-0.1, -0.05) is 0 Å². The van der Waals surface area contributed by atoms with Crippen LogP contribution in [-0.4, -0.2) is 9.97 Å². The van der Waals surface area contributed by atoms with E-state index >= 15 is 0 Å². The van der Waals surface area contributed by atoms with Gasteiger partial charge in [0, 0.05) is 5.69 Å². The van der Waals surface area contributed by atoms with Gasteiger partial charge < -0.3 is 4.42 Å². The number of hydrogen-bond acceptors (Lipinski definition) is 4. The lowest BCUT2D eigenvalue weighted by atomic mass is 9.94. The maximum absolute atomic E-state index is 9.15. The number of furan rings is 1. The molecule has 0 amide bonds. The molecular formula is C14H15N3O. The van der Waals surface area contributed by atoms with Crippen LogP contribution in [0.3, 0.4) is 0 Å². The zero-order chi connectivity index (χ0) is 13.3. The van der Waals surface area contributed by atoms with E-state index in [4.69, 9.17) is 9.68 Å². The number of aromatic nitrogens is 2. The molecular weight excluding hydrogens is 226 g/mol. The molecule has 0 N–H and O–H groups in total. The van der Waals surface area contributed by atoms with Crippen molar-refractivity contribution in [1.29, 1.82) is 5.26 Å². The second kappa shape index (κ2) is 4.26. The lowest BCUT2D eigenvalue weighted by molar-refractivity contribution is 0.543. The van der Waals surface area contributed by atoms with Crippen molar-refractivity contribution in [2.75, 3.05) is 0 Å². The molecule has 0 aromatic carbocycles. The first-order chi connectivity index (χ1) is 8.42. The van der Waals surface area contributed by atoms with Gasteiger partial charge in [-0.25, -0.2) is 9.97 Å². The Balaban J connectivity index is 2.55. The first kappa shape index (κ1) is 12.3. The Morgan fingerprint density at radius 1 is 1.22 bits per heavy atom. The van der Waals surface area contributed by atoms with Crippen LogP contribution in [0.4, 0.5) is 0 Å². The highest BCUT2D eigenvalue weighted by Gasteiger charge is 2.24. The van der Waals surface area contributed by atoms with E-state index in [9.17, 15) is 0 Å². The van der Waals surface area contributed by atoms with Crippen LogP contribution in [0.2, 0.25) is 0 Å². The summed E-state index contributed by atoms with van der Waals surface area (Å²) >= 11 is 0. The molecule has 4 heteroatoms. The van der Waals surface area contributed by atoms with Crippen LogP contribution in [0.25, 0.3) is 11.5 Å². The summed E-state index contributed by atoms with van der Waals surface area (Å²) < 4.78 is 5.55. The number of rotatable bonds is 2. The molecule has 0 saturated carbocycles. The van der Waals surface area contributed by atoms with Crippen LogP contribution in [-0.2, 0) is 5.41 Å². The number of hydrogen-bond donors (Lipinski definition) is 0. The summed E-state index contributed by atoms with van der Waals surface area (Å²) in [6.45, 7) is 7.38. The second-order valence-electron chi connectivity index (χ2n) is 4.87. The van der Waals surface area contributed by atoms with E-state index in [1.165, 1.54) is 0 Å². The quantitative estimate of drug-likeness (QED) is 0.810. The fraction of sp³-hybridized carbons (Fsp3) is 0.357. The van der Waals surface area contributed by atoms with E-state index in [1.807, 2.05) is 32.0 Å². The Bertz CT molecular complexity index is 620. The van der Waals surface area contributed by atoms with Crippen molar-refractivity contribution in [2.45, 2.75) is 33.1 Å². The third-order valence-electron chi connectivity index (χ3n) is 2.69. The van der Waals surface area contributed by atoms with Crippen LogP contribution in [0.1, 0.15) is 31.1 Å². The van der Waals surface area contributed by atoms with Crippen molar-refractivity contribution in [3.05, 3.63) is 35.5 Å². The first-order valence-electron chi connectivity index (χ1n) is 5.76. The average molecular weight is 241 g/mol. The molecule has 0 spiro atoms. The fourth-order valence-electron chi connectivity index (χ4n) is 1.60. The summed E-state index contributed by atoms with van der Waals surface area (Å²) in [7, 11) is 0. The smallest absolute Gasteiger partial charge is 0.152 e. The van der Waals surface area contributed by atoms with Crippen molar-refractivity contribution in [3.8, 4) is 17.5 Å². The Hall–Kier alpha value is -2.15. The summed E-state index contributed by atoms with van der Waals surface area (Å²) in [5.41, 5.74) is 0.837. The van der Waals surface area contributed by atoms with Gasteiger partial charge in [0.05, 0.1) is 6.07 Å². The molecule has 0 unspecified atom stereocenters. The minimum atomic E-state index is -0.706. The van der Waals surface area contributed by atoms with E-state index in [-0.39, 0.29) is 0 Å². The van der Waals surface area contributed by atoms with E-state index in [0.717, 1.165) is 11.5 Å². The Kier molecular flexibility index (Phi) is 2.92.